The Hall–Kier alpha value is -2.24. The molecule has 0 amide bonds. The summed E-state index contributed by atoms with van der Waals surface area (Å²) in [6.07, 6.45) is -0.0749. The second-order valence-corrected chi connectivity index (χ2v) is 4.41. The van der Waals surface area contributed by atoms with Gasteiger partial charge < -0.3 is 9.53 Å². The van der Waals surface area contributed by atoms with Crippen LogP contribution in [0.1, 0.15) is 31.7 Å². The summed E-state index contributed by atoms with van der Waals surface area (Å²) in [6, 6.07) is 6.96. The molecule has 0 N–H and O–H groups in total. The Morgan fingerprint density at radius 2 is 1.90 bits per heavy atom. The Morgan fingerprint density at radius 1 is 1.30 bits per heavy atom. The van der Waals surface area contributed by atoms with Crippen molar-refractivity contribution in [3.63, 3.8) is 0 Å². The van der Waals surface area contributed by atoms with Crippen molar-refractivity contribution < 1.29 is 19.2 Å². The highest BCUT2D eigenvalue weighted by Gasteiger charge is 2.41. The molecule has 0 fully saturated rings. The molecule has 6 nitrogen and oxygen atoms in total. The van der Waals surface area contributed by atoms with Crippen molar-refractivity contribution in [3.05, 3.63) is 46.0 Å². The van der Waals surface area contributed by atoms with Crippen LogP contribution in [0.2, 0.25) is 0 Å². The lowest BCUT2D eigenvalue weighted by molar-refractivity contribution is -0.514. The van der Waals surface area contributed by atoms with E-state index >= 15 is 0 Å². The topological polar surface area (TPSA) is 86.5 Å². The van der Waals surface area contributed by atoms with Gasteiger partial charge in [-0.3, -0.25) is 10.1 Å². The van der Waals surface area contributed by atoms with Gasteiger partial charge in [-0.15, -0.1) is 0 Å². The van der Waals surface area contributed by atoms with Crippen LogP contribution in [-0.2, 0) is 14.3 Å². The van der Waals surface area contributed by atoms with Crippen molar-refractivity contribution in [1.29, 1.82) is 0 Å². The highest BCUT2D eigenvalue weighted by molar-refractivity contribution is 5.80. The van der Waals surface area contributed by atoms with Gasteiger partial charge in [0.15, 0.2) is 0 Å². The predicted molar refractivity (Wildman–Crippen MR) is 71.9 cm³/mol. The van der Waals surface area contributed by atoms with Crippen LogP contribution in [0.4, 0.5) is 0 Å². The van der Waals surface area contributed by atoms with Crippen LogP contribution in [0.25, 0.3) is 0 Å². The Labute approximate surface area is 116 Å². The second-order valence-electron chi connectivity index (χ2n) is 4.41. The second kappa shape index (κ2) is 7.37. The molecule has 0 saturated carbocycles. The number of benzene rings is 1. The normalized spacial score (nSPS) is 13.3. The van der Waals surface area contributed by atoms with E-state index in [4.69, 9.17) is 4.74 Å². The van der Waals surface area contributed by atoms with E-state index in [2.05, 4.69) is 0 Å². The minimum Gasteiger partial charge on any atom is -0.461 e. The SMILES string of the molecule is CCOC(=O)C([C@@H](CC(C)=O)c1ccccc1)[N+](=O)[O-]. The zero-order valence-electron chi connectivity index (χ0n) is 11.4. The number of carbonyl (C=O) groups excluding carboxylic acids is 2. The van der Waals surface area contributed by atoms with E-state index in [9.17, 15) is 19.7 Å². The third-order valence-corrected chi connectivity index (χ3v) is 2.87. The smallest absolute Gasteiger partial charge is 0.382 e. The molecule has 0 aliphatic heterocycles. The van der Waals surface area contributed by atoms with E-state index in [1.807, 2.05) is 0 Å². The molecular weight excluding hydrogens is 262 g/mol. The molecule has 1 rings (SSSR count). The fraction of sp³-hybridized carbons (Fsp3) is 0.429. The molecule has 2 atom stereocenters. The molecule has 0 aliphatic carbocycles. The van der Waals surface area contributed by atoms with Crippen molar-refractivity contribution in [2.45, 2.75) is 32.2 Å². The zero-order chi connectivity index (χ0) is 15.1. The zero-order valence-corrected chi connectivity index (χ0v) is 11.4. The first-order valence-electron chi connectivity index (χ1n) is 6.31. The van der Waals surface area contributed by atoms with Gasteiger partial charge in [-0.1, -0.05) is 30.3 Å². The van der Waals surface area contributed by atoms with Gasteiger partial charge in [0.1, 0.15) is 5.78 Å². The lowest BCUT2D eigenvalue weighted by Crippen LogP contribution is -2.38. The highest BCUT2D eigenvalue weighted by atomic mass is 16.6. The monoisotopic (exact) mass is 279 g/mol. The van der Waals surface area contributed by atoms with E-state index in [1.165, 1.54) is 6.92 Å². The summed E-state index contributed by atoms with van der Waals surface area (Å²) < 4.78 is 4.76. The Kier molecular flexibility index (Phi) is 5.83. The van der Waals surface area contributed by atoms with Gasteiger partial charge in [-0.25, -0.2) is 4.79 Å². The average molecular weight is 279 g/mol. The maximum absolute atomic E-state index is 11.8. The summed E-state index contributed by atoms with van der Waals surface area (Å²) >= 11 is 0. The van der Waals surface area contributed by atoms with Crippen LogP contribution in [0, 0.1) is 10.1 Å². The van der Waals surface area contributed by atoms with Gasteiger partial charge in [0.25, 0.3) is 0 Å². The molecule has 0 radical (unpaired) electrons. The van der Waals surface area contributed by atoms with Gasteiger partial charge in [-0.2, -0.15) is 0 Å². The number of Topliss-reactive ketones (excluding diaryl/α,β-unsaturated/α-hetero) is 1. The molecule has 1 aromatic carbocycles. The number of nitrogens with zero attached hydrogens (tertiary/aromatic N) is 1. The third kappa shape index (κ3) is 4.15. The molecule has 1 aromatic rings. The number of carbonyl (C=O) groups is 2. The van der Waals surface area contributed by atoms with Crippen LogP contribution in [0.3, 0.4) is 0 Å². The highest BCUT2D eigenvalue weighted by Crippen LogP contribution is 2.26. The molecule has 0 saturated heterocycles. The number of ketones is 1. The lowest BCUT2D eigenvalue weighted by atomic mass is 9.87. The van der Waals surface area contributed by atoms with E-state index in [-0.39, 0.29) is 18.8 Å². The summed E-state index contributed by atoms with van der Waals surface area (Å²) in [5.74, 6) is -1.94. The Bertz CT molecular complexity index is 486. The molecule has 0 aliphatic rings. The van der Waals surface area contributed by atoms with E-state index in [1.54, 1.807) is 37.3 Å². The Morgan fingerprint density at radius 3 is 2.35 bits per heavy atom. The maximum Gasteiger partial charge on any atom is 0.382 e. The van der Waals surface area contributed by atoms with Crippen LogP contribution in [0.5, 0.6) is 0 Å². The van der Waals surface area contributed by atoms with Crippen molar-refractivity contribution in [2.75, 3.05) is 6.61 Å². The summed E-state index contributed by atoms with van der Waals surface area (Å²) in [5.41, 5.74) is 0.581. The van der Waals surface area contributed by atoms with Crippen molar-refractivity contribution >= 4 is 11.8 Å². The van der Waals surface area contributed by atoms with Crippen LogP contribution in [-0.4, -0.2) is 29.3 Å². The van der Waals surface area contributed by atoms with Crippen molar-refractivity contribution in [1.82, 2.24) is 0 Å². The summed E-state index contributed by atoms with van der Waals surface area (Å²) in [4.78, 5) is 33.7. The Balaban J connectivity index is 3.15. The quantitative estimate of drug-likeness (QED) is 0.432. The van der Waals surface area contributed by atoms with Crippen LogP contribution in [0.15, 0.2) is 30.3 Å². The molecular formula is C14H17NO5. The van der Waals surface area contributed by atoms with E-state index < -0.39 is 22.9 Å². The average Bonchev–Trinajstić information content (AvgIpc) is 2.38. The first-order chi connectivity index (χ1) is 9.47. The molecule has 0 aromatic heterocycles. The van der Waals surface area contributed by atoms with Gasteiger partial charge in [0.05, 0.1) is 12.5 Å². The number of nitro groups is 1. The minimum absolute atomic E-state index is 0.0603. The molecule has 0 heterocycles. The summed E-state index contributed by atoms with van der Waals surface area (Å²) in [5, 5.41) is 11.2. The van der Waals surface area contributed by atoms with Crippen molar-refractivity contribution in [3.8, 4) is 0 Å². The molecule has 6 heteroatoms. The largest absolute Gasteiger partial charge is 0.461 e. The molecule has 1 unspecified atom stereocenters. The fourth-order valence-electron chi connectivity index (χ4n) is 2.05. The van der Waals surface area contributed by atoms with E-state index in [0.717, 1.165) is 0 Å². The lowest BCUT2D eigenvalue weighted by Gasteiger charge is -2.19. The first-order valence-corrected chi connectivity index (χ1v) is 6.31. The van der Waals surface area contributed by atoms with Gasteiger partial charge >= 0.3 is 12.0 Å². The molecule has 108 valence electrons. The standard InChI is InChI=1S/C14H17NO5/c1-3-20-14(17)13(15(18)19)12(9-10(2)16)11-7-5-4-6-8-11/h4-8,12-13H,3,9H2,1-2H3/t12-,13?/m0/s1. The predicted octanol–water partition coefficient (Wildman–Crippen LogP) is 1.96. The summed E-state index contributed by atoms with van der Waals surface area (Å²) in [6.45, 7) is 2.99. The molecule has 0 bridgehead atoms. The third-order valence-electron chi connectivity index (χ3n) is 2.87. The summed E-state index contributed by atoms with van der Waals surface area (Å²) in [7, 11) is 0. The van der Waals surface area contributed by atoms with Gasteiger partial charge in [0.2, 0.25) is 0 Å². The maximum atomic E-state index is 11.8. The minimum atomic E-state index is -1.57. The van der Waals surface area contributed by atoms with Gasteiger partial charge in [-0.05, 0) is 19.4 Å². The number of esters is 1. The fourth-order valence-corrected chi connectivity index (χ4v) is 2.05. The molecule has 20 heavy (non-hydrogen) atoms. The van der Waals surface area contributed by atoms with E-state index in [0.29, 0.717) is 5.56 Å². The van der Waals surface area contributed by atoms with Crippen LogP contribution >= 0.6 is 0 Å². The van der Waals surface area contributed by atoms with Crippen molar-refractivity contribution in [2.24, 2.45) is 0 Å². The number of rotatable bonds is 7. The first kappa shape index (κ1) is 15.8. The number of hydrogen-bond donors (Lipinski definition) is 0. The number of hydrogen-bond acceptors (Lipinski definition) is 5. The number of ether oxygens (including phenoxy) is 1. The molecule has 0 spiro atoms. The van der Waals surface area contributed by atoms with Gasteiger partial charge in [0, 0.05) is 11.3 Å². The van der Waals surface area contributed by atoms with Crippen LogP contribution < -0.4 is 0 Å².